The van der Waals surface area contributed by atoms with Crippen molar-refractivity contribution in [2.45, 2.75) is 18.6 Å². The molecular formula is C12H16N2O2. The molecule has 1 aromatic heterocycles. The lowest BCUT2D eigenvalue weighted by atomic mass is 10.00. The summed E-state index contributed by atoms with van der Waals surface area (Å²) in [5, 5.41) is 20.8. The van der Waals surface area contributed by atoms with Gasteiger partial charge >= 0.3 is 0 Å². The van der Waals surface area contributed by atoms with Crippen molar-refractivity contribution in [2.75, 3.05) is 6.54 Å². The molecule has 4 nitrogen and oxygen atoms in total. The highest BCUT2D eigenvalue weighted by Gasteiger charge is 2.19. The molecule has 5 N–H and O–H groups in total. The van der Waals surface area contributed by atoms with E-state index in [0.717, 1.165) is 10.9 Å². The Kier molecular flexibility index (Phi) is 3.24. The molecule has 1 heterocycles. The van der Waals surface area contributed by atoms with Gasteiger partial charge in [-0.1, -0.05) is 18.2 Å². The molecule has 2 atom stereocenters. The van der Waals surface area contributed by atoms with Gasteiger partial charge in [-0.3, -0.25) is 0 Å². The van der Waals surface area contributed by atoms with Gasteiger partial charge in [0.1, 0.15) is 6.10 Å². The summed E-state index contributed by atoms with van der Waals surface area (Å²) in [4.78, 5) is 3.06. The number of nitrogens with one attached hydrogen (secondary N) is 1. The number of fused-ring (bicyclic) bond motifs is 1. The van der Waals surface area contributed by atoms with Gasteiger partial charge in [0.2, 0.25) is 0 Å². The Morgan fingerprint density at radius 2 is 2.06 bits per heavy atom. The number of aromatic nitrogens is 1. The standard InChI is InChI=1S/C12H16N2O2/c13-6-4-10(15)12(16)9-3-1-2-8-5-7-14-11(8)9/h1-3,5,7,10,12,14-16H,4,6,13H2. The fourth-order valence-corrected chi connectivity index (χ4v) is 1.89. The summed E-state index contributed by atoms with van der Waals surface area (Å²) in [5.41, 5.74) is 6.94. The van der Waals surface area contributed by atoms with Gasteiger partial charge in [-0.05, 0) is 24.4 Å². The minimum absolute atomic E-state index is 0.360. The molecule has 0 bridgehead atoms. The summed E-state index contributed by atoms with van der Waals surface area (Å²) >= 11 is 0. The summed E-state index contributed by atoms with van der Waals surface area (Å²) < 4.78 is 0. The van der Waals surface area contributed by atoms with Crippen LogP contribution in [-0.2, 0) is 0 Å². The third kappa shape index (κ3) is 1.95. The molecule has 86 valence electrons. The lowest BCUT2D eigenvalue weighted by Gasteiger charge is -2.18. The number of H-pyrrole nitrogens is 1. The van der Waals surface area contributed by atoms with E-state index in [4.69, 9.17) is 5.73 Å². The molecule has 0 fully saturated rings. The van der Waals surface area contributed by atoms with E-state index in [1.165, 1.54) is 0 Å². The zero-order valence-corrected chi connectivity index (χ0v) is 8.93. The minimum atomic E-state index is -0.897. The molecule has 0 aliphatic heterocycles. The number of benzene rings is 1. The van der Waals surface area contributed by atoms with Crippen LogP contribution in [0.2, 0.25) is 0 Å². The fourth-order valence-electron chi connectivity index (χ4n) is 1.89. The van der Waals surface area contributed by atoms with E-state index >= 15 is 0 Å². The average molecular weight is 220 g/mol. The summed E-state index contributed by atoms with van der Waals surface area (Å²) in [6.07, 6.45) is 0.485. The van der Waals surface area contributed by atoms with Crippen molar-refractivity contribution in [2.24, 2.45) is 5.73 Å². The number of para-hydroxylation sites is 1. The Hall–Kier alpha value is -1.36. The Labute approximate surface area is 93.7 Å². The summed E-state index contributed by atoms with van der Waals surface area (Å²) in [6.45, 7) is 0.360. The lowest BCUT2D eigenvalue weighted by Crippen LogP contribution is -2.21. The summed E-state index contributed by atoms with van der Waals surface area (Å²) in [7, 11) is 0. The van der Waals surface area contributed by atoms with Crippen molar-refractivity contribution in [1.29, 1.82) is 0 Å². The number of aliphatic hydroxyl groups excluding tert-OH is 2. The molecule has 0 aliphatic rings. The highest BCUT2D eigenvalue weighted by atomic mass is 16.3. The number of hydrogen-bond acceptors (Lipinski definition) is 3. The molecule has 4 heteroatoms. The Bertz CT molecular complexity index is 467. The van der Waals surface area contributed by atoms with Crippen LogP contribution in [0.1, 0.15) is 18.1 Å². The van der Waals surface area contributed by atoms with Crippen molar-refractivity contribution in [3.8, 4) is 0 Å². The van der Waals surface area contributed by atoms with Gasteiger partial charge in [-0.2, -0.15) is 0 Å². The molecule has 2 rings (SSSR count). The van der Waals surface area contributed by atoms with Gasteiger partial charge in [0.05, 0.1) is 11.6 Å². The van der Waals surface area contributed by atoms with Crippen LogP contribution >= 0.6 is 0 Å². The van der Waals surface area contributed by atoms with Gasteiger partial charge in [0.15, 0.2) is 0 Å². The molecular weight excluding hydrogens is 204 g/mol. The predicted molar refractivity (Wildman–Crippen MR) is 62.9 cm³/mol. The SMILES string of the molecule is NCCC(O)C(O)c1cccc2cc[nH]c12. The van der Waals surface area contributed by atoms with Crippen LogP contribution in [0.5, 0.6) is 0 Å². The number of hydrogen-bond donors (Lipinski definition) is 4. The number of nitrogens with two attached hydrogens (primary N) is 1. The van der Waals surface area contributed by atoms with Crippen molar-refractivity contribution in [3.63, 3.8) is 0 Å². The third-order valence-corrected chi connectivity index (χ3v) is 2.77. The normalized spacial score (nSPS) is 15.2. The van der Waals surface area contributed by atoms with Crippen LogP contribution in [0.3, 0.4) is 0 Å². The maximum Gasteiger partial charge on any atom is 0.107 e. The monoisotopic (exact) mass is 220 g/mol. The highest BCUT2D eigenvalue weighted by molar-refractivity contribution is 5.82. The predicted octanol–water partition coefficient (Wildman–Crippen LogP) is 0.911. The topological polar surface area (TPSA) is 82.3 Å². The Morgan fingerprint density at radius 1 is 1.25 bits per heavy atom. The molecule has 0 saturated carbocycles. The molecule has 2 aromatic rings. The van der Waals surface area contributed by atoms with Crippen molar-refractivity contribution in [3.05, 3.63) is 36.0 Å². The lowest BCUT2D eigenvalue weighted by molar-refractivity contribution is 0.0158. The van der Waals surface area contributed by atoms with Crippen molar-refractivity contribution in [1.82, 2.24) is 4.98 Å². The van der Waals surface area contributed by atoms with Gasteiger partial charge in [-0.15, -0.1) is 0 Å². The molecule has 0 amide bonds. The third-order valence-electron chi connectivity index (χ3n) is 2.77. The molecule has 0 saturated heterocycles. The van der Waals surface area contributed by atoms with E-state index < -0.39 is 12.2 Å². The first-order chi connectivity index (χ1) is 7.74. The zero-order chi connectivity index (χ0) is 11.5. The Morgan fingerprint density at radius 3 is 2.81 bits per heavy atom. The first-order valence-corrected chi connectivity index (χ1v) is 5.36. The average Bonchev–Trinajstić information content (AvgIpc) is 2.76. The minimum Gasteiger partial charge on any atom is -0.390 e. The van der Waals surface area contributed by atoms with E-state index in [0.29, 0.717) is 18.5 Å². The van der Waals surface area contributed by atoms with Gasteiger partial charge in [-0.25, -0.2) is 0 Å². The molecule has 16 heavy (non-hydrogen) atoms. The van der Waals surface area contributed by atoms with Crippen LogP contribution < -0.4 is 5.73 Å². The van der Waals surface area contributed by atoms with E-state index in [2.05, 4.69) is 4.98 Å². The smallest absolute Gasteiger partial charge is 0.107 e. The zero-order valence-electron chi connectivity index (χ0n) is 8.93. The highest BCUT2D eigenvalue weighted by Crippen LogP contribution is 2.26. The largest absolute Gasteiger partial charge is 0.390 e. The quantitative estimate of drug-likeness (QED) is 0.618. The van der Waals surface area contributed by atoms with Crippen molar-refractivity contribution < 1.29 is 10.2 Å². The van der Waals surface area contributed by atoms with Crippen LogP contribution in [0.25, 0.3) is 10.9 Å². The van der Waals surface area contributed by atoms with Crippen LogP contribution in [0, 0.1) is 0 Å². The second-order valence-electron chi connectivity index (χ2n) is 3.88. The first kappa shape index (κ1) is 11.1. The van der Waals surface area contributed by atoms with Gasteiger partial charge in [0, 0.05) is 11.8 Å². The first-order valence-electron chi connectivity index (χ1n) is 5.36. The molecule has 1 aromatic carbocycles. The van der Waals surface area contributed by atoms with E-state index in [9.17, 15) is 10.2 Å². The molecule has 0 spiro atoms. The molecule has 0 aliphatic carbocycles. The number of aliphatic hydroxyl groups is 2. The fraction of sp³-hybridized carbons (Fsp3) is 0.333. The summed E-state index contributed by atoms with van der Waals surface area (Å²) in [5.74, 6) is 0. The second-order valence-corrected chi connectivity index (χ2v) is 3.88. The van der Waals surface area contributed by atoms with Crippen LogP contribution in [-0.4, -0.2) is 27.8 Å². The summed E-state index contributed by atoms with van der Waals surface area (Å²) in [6, 6.07) is 7.56. The Balaban J connectivity index is 2.35. The van der Waals surface area contributed by atoms with Crippen LogP contribution in [0.4, 0.5) is 0 Å². The van der Waals surface area contributed by atoms with Crippen LogP contribution in [0.15, 0.2) is 30.5 Å². The second kappa shape index (κ2) is 4.65. The van der Waals surface area contributed by atoms with E-state index in [1.54, 1.807) is 0 Å². The maximum absolute atomic E-state index is 10.0. The molecule has 2 unspecified atom stereocenters. The van der Waals surface area contributed by atoms with Crippen molar-refractivity contribution >= 4 is 10.9 Å². The van der Waals surface area contributed by atoms with Gasteiger partial charge < -0.3 is 20.9 Å². The van der Waals surface area contributed by atoms with E-state index in [1.807, 2.05) is 30.5 Å². The maximum atomic E-state index is 10.0. The number of rotatable bonds is 4. The number of aromatic amines is 1. The van der Waals surface area contributed by atoms with E-state index in [-0.39, 0.29) is 0 Å². The molecule has 0 radical (unpaired) electrons. The van der Waals surface area contributed by atoms with Gasteiger partial charge in [0.25, 0.3) is 0 Å².